The van der Waals surface area contributed by atoms with Crippen LogP contribution in [0, 0.1) is 0 Å². The molecule has 1 aromatic heterocycles. The van der Waals surface area contributed by atoms with Gasteiger partial charge in [0.1, 0.15) is 5.69 Å². The molecule has 1 saturated heterocycles. The molecule has 0 radical (unpaired) electrons. The Kier molecular flexibility index (Phi) is 6.52. The Labute approximate surface area is 137 Å². The van der Waals surface area contributed by atoms with E-state index in [0.29, 0.717) is 24.8 Å². The Morgan fingerprint density at radius 1 is 1.43 bits per heavy atom. The van der Waals surface area contributed by atoms with Crippen LogP contribution < -0.4 is 5.32 Å². The lowest BCUT2D eigenvalue weighted by Gasteiger charge is -2.35. The highest BCUT2D eigenvalue weighted by Crippen LogP contribution is 2.21. The first-order chi connectivity index (χ1) is 11.2. The summed E-state index contributed by atoms with van der Waals surface area (Å²) in [5, 5.41) is 2.71. The van der Waals surface area contributed by atoms with E-state index in [4.69, 9.17) is 4.74 Å². The smallest absolute Gasteiger partial charge is 0.269 e. The first kappa shape index (κ1) is 17.4. The largest absolute Gasteiger partial charge is 0.383 e. The number of ether oxygens (including phenoxy) is 1. The summed E-state index contributed by atoms with van der Waals surface area (Å²) in [6, 6.07) is 3.55. The van der Waals surface area contributed by atoms with E-state index in [1.165, 1.54) is 12.6 Å². The molecule has 6 nitrogen and oxygen atoms in total. The first-order valence-electron chi connectivity index (χ1n) is 8.21. The van der Waals surface area contributed by atoms with Crippen molar-refractivity contribution in [2.24, 2.45) is 0 Å². The van der Waals surface area contributed by atoms with E-state index < -0.39 is 0 Å². The van der Waals surface area contributed by atoms with Gasteiger partial charge in [0, 0.05) is 38.0 Å². The molecule has 0 bridgehead atoms. The van der Waals surface area contributed by atoms with Crippen molar-refractivity contribution < 1.29 is 14.3 Å². The maximum atomic E-state index is 12.8. The molecule has 1 unspecified atom stereocenters. The second-order valence-corrected chi connectivity index (χ2v) is 5.73. The highest BCUT2D eigenvalue weighted by molar-refractivity contribution is 5.98. The van der Waals surface area contributed by atoms with Crippen LogP contribution in [0.2, 0.25) is 0 Å². The quantitative estimate of drug-likeness (QED) is 0.813. The number of hydrogen-bond acceptors (Lipinski definition) is 4. The molecule has 2 heterocycles. The normalized spacial score (nSPS) is 17.8. The summed E-state index contributed by atoms with van der Waals surface area (Å²) in [6.45, 7) is 3.75. The van der Waals surface area contributed by atoms with E-state index in [0.717, 1.165) is 25.8 Å². The zero-order chi connectivity index (χ0) is 16.7. The molecule has 6 heteroatoms. The van der Waals surface area contributed by atoms with Gasteiger partial charge in [-0.15, -0.1) is 0 Å². The topological polar surface area (TPSA) is 71.5 Å². The minimum absolute atomic E-state index is 0.00936. The van der Waals surface area contributed by atoms with Crippen LogP contribution in [0.5, 0.6) is 0 Å². The fraction of sp³-hybridized carbons (Fsp3) is 0.588. The molecule has 2 rings (SSSR count). The molecule has 1 atom stereocenters. The minimum Gasteiger partial charge on any atom is -0.383 e. The van der Waals surface area contributed by atoms with Crippen LogP contribution in [0.25, 0.3) is 0 Å². The molecule has 1 fully saturated rings. The number of rotatable bonds is 6. The van der Waals surface area contributed by atoms with Crippen molar-refractivity contribution in [3.63, 3.8) is 0 Å². The zero-order valence-electron chi connectivity index (χ0n) is 13.9. The number of aromatic nitrogens is 1. The maximum absolute atomic E-state index is 12.8. The van der Waals surface area contributed by atoms with Crippen LogP contribution in [0.4, 0.5) is 0 Å². The molecular weight excluding hydrogens is 294 g/mol. The number of methoxy groups -OCH3 is 1. The molecule has 1 aromatic rings. The Morgan fingerprint density at radius 3 is 3.00 bits per heavy atom. The molecule has 1 aliphatic rings. The van der Waals surface area contributed by atoms with Gasteiger partial charge in [-0.05, 0) is 37.8 Å². The van der Waals surface area contributed by atoms with Crippen LogP contribution in [0.3, 0.4) is 0 Å². The van der Waals surface area contributed by atoms with Gasteiger partial charge in [0.05, 0.1) is 6.61 Å². The number of carbonyl (C=O) groups excluding carboxylic acids is 2. The van der Waals surface area contributed by atoms with Gasteiger partial charge in [0.25, 0.3) is 11.8 Å². The summed E-state index contributed by atoms with van der Waals surface area (Å²) >= 11 is 0. The second kappa shape index (κ2) is 8.62. The zero-order valence-corrected chi connectivity index (χ0v) is 13.9. The van der Waals surface area contributed by atoms with Crippen molar-refractivity contribution >= 4 is 11.8 Å². The van der Waals surface area contributed by atoms with E-state index in [9.17, 15) is 9.59 Å². The van der Waals surface area contributed by atoms with Crippen LogP contribution in [0.1, 0.15) is 53.5 Å². The number of hydrogen-bond donors (Lipinski definition) is 1. The summed E-state index contributed by atoms with van der Waals surface area (Å²) in [7, 11) is 1.58. The lowest BCUT2D eigenvalue weighted by Crippen LogP contribution is -2.43. The lowest BCUT2D eigenvalue weighted by molar-refractivity contribution is 0.0608. The number of likely N-dealkylation sites (tertiary alicyclic amines) is 1. The number of amides is 2. The molecule has 126 valence electrons. The van der Waals surface area contributed by atoms with Gasteiger partial charge in [-0.25, -0.2) is 0 Å². The highest BCUT2D eigenvalue weighted by Gasteiger charge is 2.26. The van der Waals surface area contributed by atoms with E-state index in [1.807, 2.05) is 4.90 Å². The molecule has 0 saturated carbocycles. The fourth-order valence-electron chi connectivity index (χ4n) is 2.90. The van der Waals surface area contributed by atoms with Crippen molar-refractivity contribution in [2.45, 2.75) is 38.6 Å². The fourth-order valence-corrected chi connectivity index (χ4v) is 2.90. The Morgan fingerprint density at radius 2 is 2.26 bits per heavy atom. The average molecular weight is 319 g/mol. The van der Waals surface area contributed by atoms with Gasteiger partial charge in [-0.2, -0.15) is 0 Å². The van der Waals surface area contributed by atoms with E-state index in [2.05, 4.69) is 17.2 Å². The monoisotopic (exact) mass is 319 g/mol. The second-order valence-electron chi connectivity index (χ2n) is 5.73. The SMILES string of the molecule is CCC1CCCCN1C(=O)c1ccnc(C(=O)NCCOC)c1. The van der Waals surface area contributed by atoms with Gasteiger partial charge < -0.3 is 15.0 Å². The third-order valence-corrected chi connectivity index (χ3v) is 4.19. The number of nitrogens with zero attached hydrogens (tertiary/aromatic N) is 2. The van der Waals surface area contributed by atoms with Gasteiger partial charge in [-0.1, -0.05) is 6.92 Å². The van der Waals surface area contributed by atoms with Gasteiger partial charge in [-0.3, -0.25) is 14.6 Å². The Bertz CT molecular complexity index is 548. The van der Waals surface area contributed by atoms with E-state index in [-0.39, 0.29) is 17.5 Å². The molecule has 23 heavy (non-hydrogen) atoms. The van der Waals surface area contributed by atoms with Gasteiger partial charge in [0.2, 0.25) is 0 Å². The Hall–Kier alpha value is -1.95. The van der Waals surface area contributed by atoms with Crippen molar-refractivity contribution in [1.82, 2.24) is 15.2 Å². The molecule has 0 aliphatic carbocycles. The van der Waals surface area contributed by atoms with Gasteiger partial charge in [0.15, 0.2) is 0 Å². The van der Waals surface area contributed by atoms with Crippen molar-refractivity contribution in [2.75, 3.05) is 26.8 Å². The predicted octanol–water partition coefficient (Wildman–Crippen LogP) is 1.86. The standard InChI is InChI=1S/C17H25N3O3/c1-3-14-6-4-5-10-20(14)17(22)13-7-8-18-15(12-13)16(21)19-9-11-23-2/h7-8,12,14H,3-6,9-11H2,1-2H3,(H,19,21). The summed E-state index contributed by atoms with van der Waals surface area (Å²) < 4.78 is 4.90. The number of piperidine rings is 1. The third-order valence-electron chi connectivity index (χ3n) is 4.19. The number of carbonyl (C=O) groups is 2. The molecule has 1 N–H and O–H groups in total. The highest BCUT2D eigenvalue weighted by atomic mass is 16.5. The number of pyridine rings is 1. The van der Waals surface area contributed by atoms with Crippen molar-refractivity contribution in [3.8, 4) is 0 Å². The van der Waals surface area contributed by atoms with E-state index >= 15 is 0 Å². The predicted molar refractivity (Wildman–Crippen MR) is 87.4 cm³/mol. The third kappa shape index (κ3) is 4.51. The molecule has 0 aromatic carbocycles. The summed E-state index contributed by atoms with van der Waals surface area (Å²) in [5.41, 5.74) is 0.786. The molecule has 1 aliphatic heterocycles. The summed E-state index contributed by atoms with van der Waals surface area (Å²) in [5.74, 6) is -0.299. The first-order valence-corrected chi connectivity index (χ1v) is 8.21. The van der Waals surface area contributed by atoms with Crippen LogP contribution >= 0.6 is 0 Å². The molecule has 0 spiro atoms. The minimum atomic E-state index is -0.289. The van der Waals surface area contributed by atoms with Crippen LogP contribution in [-0.4, -0.2) is 54.5 Å². The van der Waals surface area contributed by atoms with Crippen LogP contribution in [-0.2, 0) is 4.74 Å². The van der Waals surface area contributed by atoms with Crippen LogP contribution in [0.15, 0.2) is 18.3 Å². The summed E-state index contributed by atoms with van der Waals surface area (Å²) in [4.78, 5) is 30.8. The average Bonchev–Trinajstić information content (AvgIpc) is 2.61. The van der Waals surface area contributed by atoms with E-state index in [1.54, 1.807) is 19.2 Å². The number of nitrogens with one attached hydrogen (secondary N) is 1. The van der Waals surface area contributed by atoms with Crippen molar-refractivity contribution in [1.29, 1.82) is 0 Å². The Balaban J connectivity index is 2.09. The summed E-state index contributed by atoms with van der Waals surface area (Å²) in [6.07, 6.45) is 5.74. The van der Waals surface area contributed by atoms with Gasteiger partial charge >= 0.3 is 0 Å². The molecule has 2 amide bonds. The maximum Gasteiger partial charge on any atom is 0.269 e. The van der Waals surface area contributed by atoms with Crippen molar-refractivity contribution in [3.05, 3.63) is 29.6 Å². The molecular formula is C17H25N3O3. The lowest BCUT2D eigenvalue weighted by atomic mass is 9.99.